The smallest absolute Gasteiger partial charge is 0.241 e. The predicted octanol–water partition coefficient (Wildman–Crippen LogP) is 1.54. The molecule has 0 saturated carbocycles. The summed E-state index contributed by atoms with van der Waals surface area (Å²) in [7, 11) is -0.492. The maximum Gasteiger partial charge on any atom is 0.241 e. The Morgan fingerprint density at radius 3 is 2.57 bits per heavy atom. The molecule has 2 atom stereocenters. The van der Waals surface area contributed by atoms with E-state index in [0.717, 1.165) is 16.5 Å². The third kappa shape index (κ3) is 3.32. The van der Waals surface area contributed by atoms with E-state index in [1.807, 2.05) is 12.1 Å². The Morgan fingerprint density at radius 2 is 1.83 bits per heavy atom. The summed E-state index contributed by atoms with van der Waals surface area (Å²) >= 11 is 0. The van der Waals surface area contributed by atoms with Gasteiger partial charge in [0, 0.05) is 7.11 Å². The van der Waals surface area contributed by atoms with Crippen LogP contribution >= 0.6 is 0 Å². The van der Waals surface area contributed by atoms with Crippen molar-refractivity contribution >= 4 is 20.8 Å². The number of sulfonamides is 1. The summed E-state index contributed by atoms with van der Waals surface area (Å²) in [6.07, 6.45) is -0.269. The van der Waals surface area contributed by atoms with Crippen molar-refractivity contribution < 1.29 is 22.6 Å². The van der Waals surface area contributed by atoms with Crippen LogP contribution in [-0.2, 0) is 19.5 Å². The first-order valence-corrected chi connectivity index (χ1v) is 8.72. The summed E-state index contributed by atoms with van der Waals surface area (Å²) < 4.78 is 43.5. The van der Waals surface area contributed by atoms with E-state index in [0.29, 0.717) is 13.2 Å². The number of nitrogens with one attached hydrogen (secondary N) is 1. The molecule has 1 heterocycles. The lowest BCUT2D eigenvalue weighted by molar-refractivity contribution is 0.0761. The predicted molar refractivity (Wildman–Crippen MR) is 86.2 cm³/mol. The molecule has 2 aromatic carbocycles. The second kappa shape index (κ2) is 6.45. The number of rotatable bonds is 5. The molecule has 1 aliphatic heterocycles. The first-order valence-electron chi connectivity index (χ1n) is 7.24. The molecular weight excluding hydrogens is 318 g/mol. The van der Waals surface area contributed by atoms with Crippen molar-refractivity contribution in [3.05, 3.63) is 36.4 Å². The molecule has 3 rings (SSSR count). The van der Waals surface area contributed by atoms with E-state index in [4.69, 9.17) is 14.2 Å². The molecule has 1 saturated heterocycles. The lowest BCUT2D eigenvalue weighted by Crippen LogP contribution is -2.43. The molecule has 6 nitrogen and oxygen atoms in total. The quantitative estimate of drug-likeness (QED) is 0.896. The zero-order chi connectivity index (χ0) is 16.4. The highest BCUT2D eigenvalue weighted by Crippen LogP contribution is 2.24. The monoisotopic (exact) mass is 337 g/mol. The molecule has 0 radical (unpaired) electrons. The van der Waals surface area contributed by atoms with E-state index in [-0.39, 0.29) is 17.0 Å². The van der Waals surface area contributed by atoms with Gasteiger partial charge < -0.3 is 14.2 Å². The van der Waals surface area contributed by atoms with Crippen molar-refractivity contribution in [1.29, 1.82) is 0 Å². The Kier molecular flexibility index (Phi) is 4.54. The van der Waals surface area contributed by atoms with Gasteiger partial charge in [0.1, 0.15) is 5.75 Å². The number of fused-ring (bicyclic) bond motifs is 1. The fourth-order valence-corrected chi connectivity index (χ4v) is 3.92. The number of methoxy groups -OCH3 is 2. The summed E-state index contributed by atoms with van der Waals surface area (Å²) in [5.74, 6) is 0.734. The number of hydrogen-bond acceptors (Lipinski definition) is 5. The van der Waals surface area contributed by atoms with Crippen molar-refractivity contribution in [2.24, 2.45) is 0 Å². The van der Waals surface area contributed by atoms with Crippen LogP contribution in [0.15, 0.2) is 41.3 Å². The van der Waals surface area contributed by atoms with E-state index in [2.05, 4.69) is 4.72 Å². The first kappa shape index (κ1) is 16.2. The molecule has 124 valence electrons. The second-order valence-corrected chi connectivity index (χ2v) is 7.13. The average molecular weight is 337 g/mol. The SMILES string of the molecule is COc1ccc2cc(S(=O)(=O)N[C@H]3COC[C@@H]3OC)ccc2c1. The Balaban J connectivity index is 1.89. The molecule has 0 amide bonds. The molecule has 2 aromatic rings. The maximum absolute atomic E-state index is 12.6. The Morgan fingerprint density at radius 1 is 1.09 bits per heavy atom. The van der Waals surface area contributed by atoms with Crippen molar-refractivity contribution in [2.75, 3.05) is 27.4 Å². The van der Waals surface area contributed by atoms with Crippen LogP contribution in [0.25, 0.3) is 10.8 Å². The van der Waals surface area contributed by atoms with Gasteiger partial charge in [-0.05, 0) is 35.0 Å². The topological polar surface area (TPSA) is 73.9 Å². The molecule has 0 aliphatic carbocycles. The summed E-state index contributed by atoms with van der Waals surface area (Å²) in [5.41, 5.74) is 0. The van der Waals surface area contributed by atoms with Gasteiger partial charge in [0.2, 0.25) is 10.0 Å². The molecule has 0 bridgehead atoms. The third-order valence-corrected chi connectivity index (χ3v) is 5.45. The number of ether oxygens (including phenoxy) is 3. The van der Waals surface area contributed by atoms with Crippen LogP contribution in [0.1, 0.15) is 0 Å². The van der Waals surface area contributed by atoms with Crippen LogP contribution in [0.3, 0.4) is 0 Å². The van der Waals surface area contributed by atoms with Crippen molar-refractivity contribution in [2.45, 2.75) is 17.0 Å². The molecule has 0 unspecified atom stereocenters. The third-order valence-electron chi connectivity index (χ3n) is 3.97. The second-order valence-electron chi connectivity index (χ2n) is 5.41. The van der Waals surface area contributed by atoms with Gasteiger partial charge in [-0.3, -0.25) is 0 Å². The van der Waals surface area contributed by atoms with E-state index in [9.17, 15) is 8.42 Å². The molecule has 1 aliphatic rings. The Hall–Kier alpha value is -1.67. The van der Waals surface area contributed by atoms with Crippen LogP contribution in [0.5, 0.6) is 5.75 Å². The number of benzene rings is 2. The lowest BCUT2D eigenvalue weighted by Gasteiger charge is -2.17. The van der Waals surface area contributed by atoms with E-state index in [1.54, 1.807) is 38.5 Å². The van der Waals surface area contributed by atoms with Crippen molar-refractivity contribution in [3.8, 4) is 5.75 Å². The first-order chi connectivity index (χ1) is 11.0. The van der Waals surface area contributed by atoms with Gasteiger partial charge >= 0.3 is 0 Å². The van der Waals surface area contributed by atoms with Crippen molar-refractivity contribution in [3.63, 3.8) is 0 Å². The molecule has 0 aromatic heterocycles. The van der Waals surface area contributed by atoms with Gasteiger partial charge in [0.25, 0.3) is 0 Å². The van der Waals surface area contributed by atoms with Gasteiger partial charge in [-0.15, -0.1) is 0 Å². The molecule has 1 fully saturated rings. The summed E-state index contributed by atoms with van der Waals surface area (Å²) in [6, 6.07) is 10.1. The fraction of sp³-hybridized carbons (Fsp3) is 0.375. The highest BCUT2D eigenvalue weighted by Gasteiger charge is 2.32. The summed E-state index contributed by atoms with van der Waals surface area (Å²) in [4.78, 5) is 0.219. The van der Waals surface area contributed by atoms with Gasteiger partial charge in [0.15, 0.2) is 0 Å². The normalized spacial score (nSPS) is 21.7. The van der Waals surface area contributed by atoms with E-state index >= 15 is 0 Å². The molecular formula is C16H19NO5S. The van der Waals surface area contributed by atoms with Crippen LogP contribution in [0, 0.1) is 0 Å². The zero-order valence-corrected chi connectivity index (χ0v) is 13.8. The molecule has 7 heteroatoms. The Bertz CT molecular complexity index is 805. The molecule has 23 heavy (non-hydrogen) atoms. The van der Waals surface area contributed by atoms with Gasteiger partial charge in [-0.2, -0.15) is 0 Å². The largest absolute Gasteiger partial charge is 0.497 e. The van der Waals surface area contributed by atoms with Gasteiger partial charge in [-0.1, -0.05) is 12.1 Å². The van der Waals surface area contributed by atoms with Gasteiger partial charge in [-0.25, -0.2) is 13.1 Å². The highest BCUT2D eigenvalue weighted by atomic mass is 32.2. The fourth-order valence-electron chi connectivity index (χ4n) is 2.64. The molecule has 1 N–H and O–H groups in total. The van der Waals surface area contributed by atoms with Crippen LogP contribution < -0.4 is 9.46 Å². The summed E-state index contributed by atoms with van der Waals surface area (Å²) in [5, 5.41) is 1.75. The van der Waals surface area contributed by atoms with Gasteiger partial charge in [0.05, 0.1) is 37.4 Å². The number of hydrogen-bond donors (Lipinski definition) is 1. The zero-order valence-electron chi connectivity index (χ0n) is 13.0. The minimum Gasteiger partial charge on any atom is -0.497 e. The lowest BCUT2D eigenvalue weighted by atomic mass is 10.1. The Labute approximate surface area is 135 Å². The van der Waals surface area contributed by atoms with Crippen LogP contribution in [-0.4, -0.2) is 48.0 Å². The van der Waals surface area contributed by atoms with E-state index in [1.165, 1.54) is 0 Å². The molecule has 0 spiro atoms. The van der Waals surface area contributed by atoms with Crippen molar-refractivity contribution in [1.82, 2.24) is 4.72 Å². The standard InChI is InChI=1S/C16H19NO5S/c1-20-13-5-3-12-8-14(6-4-11(12)7-13)23(18,19)17-15-9-22-10-16(15)21-2/h3-8,15-17H,9-10H2,1-2H3/t15-,16-/m0/s1. The average Bonchev–Trinajstić information content (AvgIpc) is 3.00. The highest BCUT2D eigenvalue weighted by molar-refractivity contribution is 7.89. The maximum atomic E-state index is 12.6. The van der Waals surface area contributed by atoms with Crippen LogP contribution in [0.4, 0.5) is 0 Å². The minimum absolute atomic E-state index is 0.219. The summed E-state index contributed by atoms with van der Waals surface area (Å²) in [6.45, 7) is 0.698. The van der Waals surface area contributed by atoms with E-state index < -0.39 is 10.0 Å². The minimum atomic E-state index is -3.64. The van der Waals surface area contributed by atoms with Crippen LogP contribution in [0.2, 0.25) is 0 Å².